The minimum Gasteiger partial charge on any atom is -0.489 e. The third-order valence-electron chi connectivity index (χ3n) is 3.60. The highest BCUT2D eigenvalue weighted by molar-refractivity contribution is 7.13. The molecule has 1 aromatic heterocycles. The van der Waals surface area contributed by atoms with Crippen molar-refractivity contribution in [1.82, 2.24) is 10.3 Å². The minimum atomic E-state index is -0.225. The van der Waals surface area contributed by atoms with Crippen molar-refractivity contribution in [3.05, 3.63) is 70.3 Å². The molecule has 2 aromatic carbocycles. The standard InChI is InChI=1S/C19H18ClN3O2S/c20-15-5-1-3-13(9-15)11-25-16-6-2-4-14(10-16)18-17(23-12-26-18)19(24)22-8-7-21/h1-6,9-10,12H,7-8,11,21H2,(H,22,24). The Labute approximate surface area is 160 Å². The molecular formula is C19H18ClN3O2S. The third-order valence-corrected chi connectivity index (χ3v) is 4.71. The number of amides is 1. The van der Waals surface area contributed by atoms with E-state index in [1.807, 2.05) is 48.5 Å². The number of nitrogens with zero attached hydrogens (tertiary/aromatic N) is 1. The molecule has 26 heavy (non-hydrogen) atoms. The summed E-state index contributed by atoms with van der Waals surface area (Å²) in [6.45, 7) is 1.22. The van der Waals surface area contributed by atoms with E-state index in [0.29, 0.717) is 36.2 Å². The van der Waals surface area contributed by atoms with Crippen molar-refractivity contribution in [1.29, 1.82) is 0 Å². The van der Waals surface area contributed by atoms with Gasteiger partial charge in [0.25, 0.3) is 5.91 Å². The Balaban J connectivity index is 1.75. The lowest BCUT2D eigenvalue weighted by atomic mass is 10.1. The molecule has 0 aliphatic carbocycles. The molecule has 1 heterocycles. The Kier molecular flexibility index (Phi) is 6.22. The second kappa shape index (κ2) is 8.80. The van der Waals surface area contributed by atoms with Gasteiger partial charge in [0, 0.05) is 18.1 Å². The van der Waals surface area contributed by atoms with E-state index in [1.165, 1.54) is 11.3 Å². The third kappa shape index (κ3) is 4.60. The van der Waals surface area contributed by atoms with E-state index >= 15 is 0 Å². The van der Waals surface area contributed by atoms with Crippen molar-refractivity contribution in [3.8, 4) is 16.2 Å². The lowest BCUT2D eigenvalue weighted by molar-refractivity contribution is 0.0951. The van der Waals surface area contributed by atoms with E-state index in [0.717, 1.165) is 16.0 Å². The van der Waals surface area contributed by atoms with Crippen LogP contribution < -0.4 is 15.8 Å². The van der Waals surface area contributed by atoms with Gasteiger partial charge in [-0.1, -0.05) is 35.9 Å². The fourth-order valence-corrected chi connectivity index (χ4v) is 3.40. The molecular weight excluding hydrogens is 370 g/mol. The van der Waals surface area contributed by atoms with Gasteiger partial charge in [0.05, 0.1) is 10.4 Å². The zero-order valence-electron chi connectivity index (χ0n) is 13.9. The van der Waals surface area contributed by atoms with Crippen molar-refractivity contribution in [2.24, 2.45) is 5.73 Å². The average molecular weight is 388 g/mol. The number of rotatable bonds is 7. The minimum absolute atomic E-state index is 0.225. The molecule has 0 aliphatic rings. The molecule has 1 amide bonds. The quantitative estimate of drug-likeness (QED) is 0.647. The van der Waals surface area contributed by atoms with Crippen LogP contribution in [0.1, 0.15) is 16.1 Å². The number of hydrogen-bond acceptors (Lipinski definition) is 5. The Morgan fingerprint density at radius 1 is 1.23 bits per heavy atom. The van der Waals surface area contributed by atoms with Gasteiger partial charge in [0.2, 0.25) is 0 Å². The van der Waals surface area contributed by atoms with Crippen LogP contribution in [-0.4, -0.2) is 24.0 Å². The first kappa shape index (κ1) is 18.4. The van der Waals surface area contributed by atoms with Gasteiger partial charge in [-0.3, -0.25) is 4.79 Å². The summed E-state index contributed by atoms with van der Waals surface area (Å²) < 4.78 is 5.86. The lowest BCUT2D eigenvalue weighted by Gasteiger charge is -2.09. The van der Waals surface area contributed by atoms with Crippen LogP contribution in [0, 0.1) is 0 Å². The molecule has 5 nitrogen and oxygen atoms in total. The smallest absolute Gasteiger partial charge is 0.271 e. The number of ether oxygens (including phenoxy) is 1. The van der Waals surface area contributed by atoms with Gasteiger partial charge in [0.15, 0.2) is 0 Å². The van der Waals surface area contributed by atoms with Gasteiger partial charge >= 0.3 is 0 Å². The predicted octanol–water partition coefficient (Wildman–Crippen LogP) is 3.73. The van der Waals surface area contributed by atoms with Gasteiger partial charge in [0.1, 0.15) is 18.1 Å². The molecule has 0 saturated carbocycles. The summed E-state index contributed by atoms with van der Waals surface area (Å²) in [6.07, 6.45) is 0. The van der Waals surface area contributed by atoms with Crippen molar-refractivity contribution in [2.45, 2.75) is 6.61 Å². The largest absolute Gasteiger partial charge is 0.489 e. The van der Waals surface area contributed by atoms with E-state index < -0.39 is 0 Å². The van der Waals surface area contributed by atoms with Crippen LogP contribution in [0.4, 0.5) is 0 Å². The number of carbonyl (C=O) groups is 1. The summed E-state index contributed by atoms with van der Waals surface area (Å²) in [4.78, 5) is 17.2. The normalized spacial score (nSPS) is 10.5. The Hall–Kier alpha value is -2.41. The van der Waals surface area contributed by atoms with Gasteiger partial charge in [-0.25, -0.2) is 4.98 Å². The SMILES string of the molecule is NCCNC(=O)c1ncsc1-c1cccc(OCc2cccc(Cl)c2)c1. The Bertz CT molecular complexity index is 898. The molecule has 0 spiro atoms. The van der Waals surface area contributed by atoms with Crippen LogP contribution in [-0.2, 0) is 6.61 Å². The van der Waals surface area contributed by atoms with Crippen LogP contribution >= 0.6 is 22.9 Å². The predicted molar refractivity (Wildman–Crippen MR) is 105 cm³/mol. The number of nitrogens with one attached hydrogen (secondary N) is 1. The average Bonchev–Trinajstić information content (AvgIpc) is 3.15. The molecule has 3 rings (SSSR count). The Morgan fingerprint density at radius 3 is 2.88 bits per heavy atom. The van der Waals surface area contributed by atoms with Crippen LogP contribution in [0.5, 0.6) is 5.75 Å². The highest BCUT2D eigenvalue weighted by Gasteiger charge is 2.16. The van der Waals surface area contributed by atoms with E-state index in [4.69, 9.17) is 22.1 Å². The molecule has 0 saturated heterocycles. The first-order valence-corrected chi connectivity index (χ1v) is 9.32. The van der Waals surface area contributed by atoms with Gasteiger partial charge in [-0.2, -0.15) is 0 Å². The highest BCUT2D eigenvalue weighted by atomic mass is 35.5. The zero-order valence-corrected chi connectivity index (χ0v) is 15.5. The van der Waals surface area contributed by atoms with E-state index in [1.54, 1.807) is 5.51 Å². The van der Waals surface area contributed by atoms with E-state index in [-0.39, 0.29) is 5.91 Å². The number of halogens is 1. The molecule has 3 aromatic rings. The molecule has 7 heteroatoms. The van der Waals surface area contributed by atoms with Crippen molar-refractivity contribution in [2.75, 3.05) is 13.1 Å². The van der Waals surface area contributed by atoms with Crippen LogP contribution in [0.15, 0.2) is 54.0 Å². The second-order valence-electron chi connectivity index (χ2n) is 5.52. The summed E-state index contributed by atoms with van der Waals surface area (Å²) in [5.41, 5.74) is 9.36. The van der Waals surface area contributed by atoms with E-state index in [2.05, 4.69) is 10.3 Å². The molecule has 0 unspecified atom stereocenters. The molecule has 0 aliphatic heterocycles. The van der Waals surface area contributed by atoms with Crippen molar-refractivity contribution < 1.29 is 9.53 Å². The summed E-state index contributed by atoms with van der Waals surface area (Å²) in [5.74, 6) is 0.487. The highest BCUT2D eigenvalue weighted by Crippen LogP contribution is 2.30. The molecule has 134 valence electrons. The molecule has 3 N–H and O–H groups in total. The molecule has 0 bridgehead atoms. The maximum absolute atomic E-state index is 12.2. The number of carbonyl (C=O) groups excluding carboxylic acids is 1. The van der Waals surface area contributed by atoms with Crippen LogP contribution in [0.2, 0.25) is 5.02 Å². The lowest BCUT2D eigenvalue weighted by Crippen LogP contribution is -2.29. The summed E-state index contributed by atoms with van der Waals surface area (Å²) in [7, 11) is 0. The molecule has 0 fully saturated rings. The number of thiazole rings is 1. The first-order chi connectivity index (χ1) is 12.7. The van der Waals surface area contributed by atoms with E-state index in [9.17, 15) is 4.79 Å². The summed E-state index contributed by atoms with van der Waals surface area (Å²) in [5, 5.41) is 3.43. The number of nitrogens with two attached hydrogens (primary N) is 1. The Morgan fingerprint density at radius 2 is 2.08 bits per heavy atom. The molecule has 0 radical (unpaired) electrons. The summed E-state index contributed by atoms with van der Waals surface area (Å²) in [6, 6.07) is 15.1. The first-order valence-electron chi connectivity index (χ1n) is 8.07. The van der Waals surface area contributed by atoms with Gasteiger partial charge < -0.3 is 15.8 Å². The fourth-order valence-electron chi connectivity index (χ4n) is 2.40. The van der Waals surface area contributed by atoms with Crippen molar-refractivity contribution in [3.63, 3.8) is 0 Å². The van der Waals surface area contributed by atoms with Crippen molar-refractivity contribution >= 4 is 28.8 Å². The monoisotopic (exact) mass is 387 g/mol. The maximum Gasteiger partial charge on any atom is 0.271 e. The van der Waals surface area contributed by atoms with Gasteiger partial charge in [-0.15, -0.1) is 11.3 Å². The maximum atomic E-state index is 12.2. The summed E-state index contributed by atoms with van der Waals surface area (Å²) >= 11 is 7.41. The molecule has 0 atom stereocenters. The topological polar surface area (TPSA) is 77.2 Å². The second-order valence-corrected chi connectivity index (χ2v) is 6.81. The van der Waals surface area contributed by atoms with Crippen LogP contribution in [0.3, 0.4) is 0 Å². The number of hydrogen-bond donors (Lipinski definition) is 2. The number of benzene rings is 2. The van der Waals surface area contributed by atoms with Gasteiger partial charge in [-0.05, 0) is 35.4 Å². The number of aromatic nitrogens is 1. The zero-order chi connectivity index (χ0) is 18.4. The van der Waals surface area contributed by atoms with Crippen LogP contribution in [0.25, 0.3) is 10.4 Å². The fraction of sp³-hybridized carbons (Fsp3) is 0.158.